The van der Waals surface area contributed by atoms with Gasteiger partial charge >= 0.3 is 0 Å². The molecule has 1 aromatic carbocycles. The van der Waals surface area contributed by atoms with Crippen LogP contribution in [0.2, 0.25) is 0 Å². The van der Waals surface area contributed by atoms with Gasteiger partial charge in [0, 0.05) is 55.6 Å². The zero-order chi connectivity index (χ0) is 25.4. The number of nitrogen functional groups attached to an aromatic ring is 1. The Morgan fingerprint density at radius 3 is 2.42 bits per heavy atom. The minimum absolute atomic E-state index is 0.0463. The van der Waals surface area contributed by atoms with Crippen LogP contribution in [0.25, 0.3) is 22.3 Å². The smallest absolute Gasteiger partial charge is 0.253 e. The van der Waals surface area contributed by atoms with Crippen LogP contribution in [0, 0.1) is 0 Å². The van der Waals surface area contributed by atoms with Gasteiger partial charge in [0.15, 0.2) is 0 Å². The van der Waals surface area contributed by atoms with Gasteiger partial charge in [-0.05, 0) is 80.7 Å². The van der Waals surface area contributed by atoms with Crippen molar-refractivity contribution in [3.8, 4) is 11.3 Å². The highest BCUT2D eigenvalue weighted by Gasteiger charge is 2.27. The van der Waals surface area contributed by atoms with Gasteiger partial charge in [0.2, 0.25) is 0 Å². The van der Waals surface area contributed by atoms with Gasteiger partial charge < -0.3 is 15.2 Å². The average molecular weight is 483 g/mol. The molecule has 0 radical (unpaired) electrons. The molecule has 3 aromatic heterocycles. The van der Waals surface area contributed by atoms with Crippen LogP contribution in [0.3, 0.4) is 0 Å². The van der Waals surface area contributed by atoms with Gasteiger partial charge in [-0.1, -0.05) is 12.1 Å². The molecule has 1 fully saturated rings. The molecule has 4 heterocycles. The van der Waals surface area contributed by atoms with Gasteiger partial charge in [-0.3, -0.25) is 14.7 Å². The monoisotopic (exact) mass is 482 g/mol. The Kier molecular flexibility index (Phi) is 6.49. The van der Waals surface area contributed by atoms with Crippen molar-refractivity contribution in [3.05, 3.63) is 77.7 Å². The third-order valence-electron chi connectivity index (χ3n) is 7.57. The Hall–Kier alpha value is -3.71. The van der Waals surface area contributed by atoms with Gasteiger partial charge in [0.1, 0.15) is 5.65 Å². The lowest BCUT2D eigenvalue weighted by Crippen LogP contribution is -2.35. The summed E-state index contributed by atoms with van der Waals surface area (Å²) in [4.78, 5) is 25.6. The quantitative estimate of drug-likeness (QED) is 0.439. The van der Waals surface area contributed by atoms with E-state index in [1.54, 1.807) is 25.2 Å². The lowest BCUT2D eigenvalue weighted by atomic mass is 9.88. The van der Waals surface area contributed by atoms with Crippen LogP contribution >= 0.6 is 0 Å². The molecule has 1 aliphatic heterocycles. The third-order valence-corrected chi connectivity index (χ3v) is 7.57. The van der Waals surface area contributed by atoms with Crippen molar-refractivity contribution < 1.29 is 4.79 Å². The molecule has 0 saturated carbocycles. The Bertz CT molecular complexity index is 1370. The van der Waals surface area contributed by atoms with Gasteiger partial charge in [-0.25, -0.2) is 4.98 Å². The SMILES string of the molecule is C[C@H](c1cc2c(-c3ccc(N)cn3)ccnc2n1C)N1CCC(c2ccc(C(=O)N(C)C)cc2)CC1. The number of anilines is 1. The first-order valence-electron chi connectivity index (χ1n) is 12.6. The predicted octanol–water partition coefficient (Wildman–Crippen LogP) is 4.86. The fraction of sp³-hybridized carbons (Fsp3) is 0.345. The molecule has 0 unspecified atom stereocenters. The Morgan fingerprint density at radius 1 is 1.06 bits per heavy atom. The van der Waals surface area contributed by atoms with Gasteiger partial charge in [0.05, 0.1) is 17.6 Å². The number of nitrogens with two attached hydrogens (primary N) is 1. The topological polar surface area (TPSA) is 80.3 Å². The van der Waals surface area contributed by atoms with Crippen LogP contribution < -0.4 is 5.73 Å². The van der Waals surface area contributed by atoms with Crippen molar-refractivity contribution in [1.82, 2.24) is 24.3 Å². The number of piperidine rings is 1. The lowest BCUT2D eigenvalue weighted by Gasteiger charge is -2.36. The maximum absolute atomic E-state index is 12.2. The number of fused-ring (bicyclic) bond motifs is 1. The normalized spacial score (nSPS) is 15.8. The van der Waals surface area contributed by atoms with E-state index >= 15 is 0 Å². The number of benzene rings is 1. The highest BCUT2D eigenvalue weighted by molar-refractivity contribution is 5.94. The summed E-state index contributed by atoms with van der Waals surface area (Å²) in [6.45, 7) is 4.36. The van der Waals surface area contributed by atoms with E-state index in [9.17, 15) is 4.79 Å². The van der Waals surface area contributed by atoms with Crippen molar-refractivity contribution in [2.75, 3.05) is 32.9 Å². The summed E-state index contributed by atoms with van der Waals surface area (Å²) >= 11 is 0. The summed E-state index contributed by atoms with van der Waals surface area (Å²) in [5, 5.41) is 1.11. The average Bonchev–Trinajstić information content (AvgIpc) is 3.25. The molecule has 4 aromatic rings. The fourth-order valence-corrected chi connectivity index (χ4v) is 5.39. The van der Waals surface area contributed by atoms with E-state index in [2.05, 4.69) is 51.6 Å². The molecule has 0 bridgehead atoms. The van der Waals surface area contributed by atoms with Gasteiger partial charge in [0.25, 0.3) is 5.91 Å². The molecule has 1 amide bonds. The van der Waals surface area contributed by atoms with E-state index in [-0.39, 0.29) is 11.9 Å². The second kappa shape index (κ2) is 9.74. The number of hydrogen-bond acceptors (Lipinski definition) is 5. The number of likely N-dealkylation sites (tertiary alicyclic amines) is 1. The minimum atomic E-state index is 0.0463. The summed E-state index contributed by atoms with van der Waals surface area (Å²) < 4.78 is 2.22. The first-order valence-corrected chi connectivity index (χ1v) is 12.6. The largest absolute Gasteiger partial charge is 0.397 e. The Morgan fingerprint density at radius 2 is 1.78 bits per heavy atom. The molecule has 36 heavy (non-hydrogen) atoms. The number of amides is 1. The molecular formula is C29H34N6O. The zero-order valence-electron chi connectivity index (χ0n) is 21.5. The molecule has 7 nitrogen and oxygen atoms in total. The van der Waals surface area contributed by atoms with Crippen molar-refractivity contribution in [1.29, 1.82) is 0 Å². The van der Waals surface area contributed by atoms with E-state index in [0.29, 0.717) is 11.6 Å². The maximum Gasteiger partial charge on any atom is 0.253 e. The number of rotatable bonds is 5. The molecule has 186 valence electrons. The zero-order valence-corrected chi connectivity index (χ0v) is 21.5. The van der Waals surface area contributed by atoms with E-state index in [1.165, 1.54) is 11.3 Å². The number of carbonyl (C=O) groups excluding carboxylic acids is 1. The number of aromatic nitrogens is 3. The van der Waals surface area contributed by atoms with Crippen molar-refractivity contribution in [2.45, 2.75) is 31.7 Å². The highest BCUT2D eigenvalue weighted by atomic mass is 16.2. The molecular weight excluding hydrogens is 448 g/mol. The third kappa shape index (κ3) is 4.46. The summed E-state index contributed by atoms with van der Waals surface area (Å²) in [5.41, 5.74) is 12.8. The second-order valence-corrected chi connectivity index (χ2v) is 10.0. The summed E-state index contributed by atoms with van der Waals surface area (Å²) in [5.74, 6) is 0.569. The van der Waals surface area contributed by atoms with Crippen LogP contribution in [0.1, 0.15) is 53.3 Å². The molecule has 1 saturated heterocycles. The second-order valence-electron chi connectivity index (χ2n) is 10.0. The highest BCUT2D eigenvalue weighted by Crippen LogP contribution is 2.35. The van der Waals surface area contributed by atoms with Crippen LogP contribution in [0.15, 0.2) is 60.9 Å². The molecule has 1 atom stereocenters. The van der Waals surface area contributed by atoms with Gasteiger partial charge in [-0.2, -0.15) is 0 Å². The standard InChI is InChI=1S/C29H34N6O/c1-19(35-15-12-21(13-16-35)20-5-7-22(8-6-20)29(36)33(2)3)27-17-25-24(11-14-31-28(25)34(27)4)26-10-9-23(30)18-32-26/h5-11,14,17-19,21H,12-13,15-16,30H2,1-4H3/t19-/m1/s1. The Balaban J connectivity index is 1.32. The number of hydrogen-bond donors (Lipinski definition) is 1. The minimum Gasteiger partial charge on any atom is -0.397 e. The van der Waals surface area contributed by atoms with Crippen LogP contribution in [0.5, 0.6) is 0 Å². The maximum atomic E-state index is 12.2. The Labute approximate surface area is 212 Å². The van der Waals surface area contributed by atoms with E-state index in [0.717, 1.165) is 53.8 Å². The molecule has 2 N–H and O–H groups in total. The van der Waals surface area contributed by atoms with Crippen molar-refractivity contribution in [3.63, 3.8) is 0 Å². The molecule has 7 heteroatoms. The first kappa shape index (κ1) is 24.0. The van der Waals surface area contributed by atoms with E-state index < -0.39 is 0 Å². The molecule has 0 aliphatic carbocycles. The van der Waals surface area contributed by atoms with Crippen LogP contribution in [-0.4, -0.2) is 57.4 Å². The van der Waals surface area contributed by atoms with Crippen molar-refractivity contribution >= 4 is 22.6 Å². The summed E-state index contributed by atoms with van der Waals surface area (Å²) in [7, 11) is 5.67. The van der Waals surface area contributed by atoms with Crippen LogP contribution in [0.4, 0.5) is 5.69 Å². The summed E-state index contributed by atoms with van der Waals surface area (Å²) in [6.07, 6.45) is 5.77. The van der Waals surface area contributed by atoms with Crippen LogP contribution in [-0.2, 0) is 7.05 Å². The van der Waals surface area contributed by atoms with E-state index in [1.807, 2.05) is 36.5 Å². The lowest BCUT2D eigenvalue weighted by molar-refractivity contribution is 0.0827. The molecule has 5 rings (SSSR count). The number of nitrogens with zero attached hydrogens (tertiary/aromatic N) is 5. The molecule has 1 aliphatic rings. The predicted molar refractivity (Wildman–Crippen MR) is 145 cm³/mol. The van der Waals surface area contributed by atoms with E-state index in [4.69, 9.17) is 5.73 Å². The number of carbonyl (C=O) groups is 1. The number of aryl methyl sites for hydroxylation is 1. The molecule has 0 spiro atoms. The van der Waals surface area contributed by atoms with Gasteiger partial charge in [-0.15, -0.1) is 0 Å². The fourth-order valence-electron chi connectivity index (χ4n) is 5.39. The first-order chi connectivity index (χ1) is 17.3. The van der Waals surface area contributed by atoms with Crippen molar-refractivity contribution in [2.24, 2.45) is 7.05 Å². The number of pyridine rings is 2. The summed E-state index contributed by atoms with van der Waals surface area (Å²) in [6, 6.07) is 16.6.